The number of hydrogen-bond acceptors (Lipinski definition) is 3. The molecule has 0 unspecified atom stereocenters. The molecule has 0 spiro atoms. The maximum Gasteiger partial charge on any atom is 0.243 e. The summed E-state index contributed by atoms with van der Waals surface area (Å²) in [5, 5.41) is 3.67. The third-order valence-corrected chi connectivity index (χ3v) is 5.85. The highest BCUT2D eigenvalue weighted by Crippen LogP contribution is 2.24. The van der Waals surface area contributed by atoms with Crippen molar-refractivity contribution in [2.24, 2.45) is 0 Å². The summed E-state index contributed by atoms with van der Waals surface area (Å²) in [6.07, 6.45) is 1.09. The molecule has 0 bridgehead atoms. The monoisotopic (exact) mass is 428 g/mol. The van der Waals surface area contributed by atoms with Crippen LogP contribution in [0.15, 0.2) is 36.4 Å². The Bertz CT molecular complexity index is 941. The molecule has 0 aromatic heterocycles. The van der Waals surface area contributed by atoms with E-state index in [4.69, 9.17) is 23.2 Å². The quantitative estimate of drug-likeness (QED) is 0.753. The molecule has 1 amide bonds. The van der Waals surface area contributed by atoms with Gasteiger partial charge in [-0.3, -0.25) is 9.10 Å². The normalized spacial score (nSPS) is 12.5. The minimum atomic E-state index is -3.66. The van der Waals surface area contributed by atoms with Gasteiger partial charge in [-0.15, -0.1) is 0 Å². The molecular formula is C19H22Cl2N2O3S. The lowest BCUT2D eigenvalue weighted by Gasteiger charge is -2.29. The Morgan fingerprint density at radius 3 is 2.22 bits per heavy atom. The van der Waals surface area contributed by atoms with Crippen molar-refractivity contribution >= 4 is 44.8 Å². The molecule has 27 heavy (non-hydrogen) atoms. The minimum Gasteiger partial charge on any atom is -0.350 e. The van der Waals surface area contributed by atoms with Gasteiger partial charge in [-0.1, -0.05) is 35.3 Å². The van der Waals surface area contributed by atoms with E-state index in [9.17, 15) is 13.2 Å². The summed E-state index contributed by atoms with van der Waals surface area (Å²) in [6, 6.07) is 9.49. The van der Waals surface area contributed by atoms with Crippen LogP contribution < -0.4 is 9.62 Å². The lowest BCUT2D eigenvalue weighted by atomic mass is 10.1. The minimum absolute atomic E-state index is 0.170. The maximum atomic E-state index is 12.6. The zero-order valence-corrected chi connectivity index (χ0v) is 17.9. The number of benzene rings is 2. The number of nitrogens with one attached hydrogen (secondary N) is 1. The molecule has 1 atom stereocenters. The van der Waals surface area contributed by atoms with Crippen molar-refractivity contribution < 1.29 is 13.2 Å². The molecule has 1 N–H and O–H groups in total. The molecule has 0 heterocycles. The first-order valence-electron chi connectivity index (χ1n) is 8.28. The van der Waals surface area contributed by atoms with Gasteiger partial charge in [-0.2, -0.15) is 0 Å². The van der Waals surface area contributed by atoms with Gasteiger partial charge >= 0.3 is 0 Å². The average molecular weight is 429 g/mol. The van der Waals surface area contributed by atoms with Crippen molar-refractivity contribution in [1.82, 2.24) is 5.32 Å². The lowest BCUT2D eigenvalue weighted by molar-refractivity contribution is -0.122. The van der Waals surface area contributed by atoms with Crippen molar-refractivity contribution in [2.45, 2.75) is 33.4 Å². The summed E-state index contributed by atoms with van der Waals surface area (Å²) < 4.78 is 25.9. The van der Waals surface area contributed by atoms with Crippen LogP contribution in [0.4, 0.5) is 5.69 Å². The highest BCUT2D eigenvalue weighted by Gasteiger charge is 2.29. The SMILES string of the molecule is Cc1cc(C)cc(N([C@@H](C)C(=O)NCc2ccc(Cl)cc2Cl)S(C)(=O)=O)c1. The molecule has 2 rings (SSSR count). The molecule has 2 aromatic carbocycles. The van der Waals surface area contributed by atoms with E-state index in [0.717, 1.165) is 21.7 Å². The van der Waals surface area contributed by atoms with E-state index in [2.05, 4.69) is 5.32 Å². The summed E-state index contributed by atoms with van der Waals surface area (Å²) in [7, 11) is -3.66. The Labute approximate surface area is 170 Å². The van der Waals surface area contributed by atoms with Gasteiger partial charge in [0, 0.05) is 16.6 Å². The summed E-state index contributed by atoms with van der Waals surface area (Å²) >= 11 is 12.0. The number of rotatable bonds is 6. The first kappa shape index (κ1) is 21.5. The second-order valence-corrected chi connectivity index (χ2v) is 9.24. The van der Waals surface area contributed by atoms with Gasteiger partial charge in [0.15, 0.2) is 0 Å². The molecule has 0 saturated heterocycles. The van der Waals surface area contributed by atoms with Crippen LogP contribution in [-0.2, 0) is 21.4 Å². The molecule has 0 saturated carbocycles. The van der Waals surface area contributed by atoms with Crippen LogP contribution in [0.3, 0.4) is 0 Å². The fraction of sp³-hybridized carbons (Fsp3) is 0.316. The molecule has 5 nitrogen and oxygen atoms in total. The molecule has 0 aliphatic rings. The van der Waals surface area contributed by atoms with Gasteiger partial charge in [0.05, 0.1) is 11.9 Å². The van der Waals surface area contributed by atoms with E-state index in [1.54, 1.807) is 37.3 Å². The third-order valence-electron chi connectivity index (χ3n) is 4.02. The van der Waals surface area contributed by atoms with Gasteiger partial charge in [0.2, 0.25) is 15.9 Å². The van der Waals surface area contributed by atoms with Gasteiger partial charge < -0.3 is 5.32 Å². The van der Waals surface area contributed by atoms with E-state index in [-0.39, 0.29) is 6.54 Å². The Kier molecular flexibility index (Phi) is 6.78. The van der Waals surface area contributed by atoms with Crippen molar-refractivity contribution in [1.29, 1.82) is 0 Å². The van der Waals surface area contributed by atoms with E-state index in [0.29, 0.717) is 21.3 Å². The molecule has 2 aromatic rings. The van der Waals surface area contributed by atoms with Crippen LogP contribution in [0.1, 0.15) is 23.6 Å². The Morgan fingerprint density at radius 2 is 1.70 bits per heavy atom. The van der Waals surface area contributed by atoms with Crippen LogP contribution in [0, 0.1) is 13.8 Å². The van der Waals surface area contributed by atoms with E-state index < -0.39 is 22.0 Å². The van der Waals surface area contributed by atoms with Gasteiger partial charge in [-0.05, 0) is 61.7 Å². The molecule has 8 heteroatoms. The van der Waals surface area contributed by atoms with E-state index >= 15 is 0 Å². The number of hydrogen-bond donors (Lipinski definition) is 1. The van der Waals surface area contributed by atoms with Crippen molar-refractivity contribution in [3.05, 3.63) is 63.1 Å². The first-order chi connectivity index (χ1) is 12.5. The largest absolute Gasteiger partial charge is 0.350 e. The predicted molar refractivity (Wildman–Crippen MR) is 111 cm³/mol. The van der Waals surface area contributed by atoms with Gasteiger partial charge in [0.1, 0.15) is 6.04 Å². The standard InChI is InChI=1S/C19H22Cl2N2O3S/c1-12-7-13(2)9-17(8-12)23(27(4,25)26)14(3)19(24)22-11-15-5-6-16(20)10-18(15)21/h5-10,14H,11H2,1-4H3,(H,22,24)/t14-/m0/s1. The van der Waals surface area contributed by atoms with Crippen LogP contribution in [-0.4, -0.2) is 26.6 Å². The van der Waals surface area contributed by atoms with E-state index in [1.165, 1.54) is 0 Å². The number of aryl methyl sites for hydroxylation is 2. The first-order valence-corrected chi connectivity index (χ1v) is 10.9. The second kappa shape index (κ2) is 8.50. The van der Waals surface area contributed by atoms with Crippen LogP contribution in [0.5, 0.6) is 0 Å². The Hall–Kier alpha value is -1.76. The molecule has 0 radical (unpaired) electrons. The van der Waals surface area contributed by atoms with Crippen molar-refractivity contribution in [3.8, 4) is 0 Å². The third kappa shape index (κ3) is 5.61. The lowest BCUT2D eigenvalue weighted by Crippen LogP contribution is -2.47. The van der Waals surface area contributed by atoms with Crippen LogP contribution in [0.2, 0.25) is 10.0 Å². The Balaban J connectivity index is 2.24. The average Bonchev–Trinajstić information content (AvgIpc) is 2.51. The highest BCUT2D eigenvalue weighted by atomic mass is 35.5. The smallest absolute Gasteiger partial charge is 0.243 e. The van der Waals surface area contributed by atoms with Gasteiger partial charge in [-0.25, -0.2) is 8.42 Å². The number of sulfonamides is 1. The molecule has 0 aliphatic heterocycles. The summed E-state index contributed by atoms with van der Waals surface area (Å²) in [5.41, 5.74) is 2.99. The molecule has 146 valence electrons. The number of halogens is 2. The summed E-state index contributed by atoms with van der Waals surface area (Å²) in [4.78, 5) is 12.6. The molecular weight excluding hydrogens is 407 g/mol. The zero-order valence-electron chi connectivity index (χ0n) is 15.6. The molecule has 0 fully saturated rings. The number of amides is 1. The van der Waals surface area contributed by atoms with Crippen molar-refractivity contribution in [2.75, 3.05) is 10.6 Å². The highest BCUT2D eigenvalue weighted by molar-refractivity contribution is 7.92. The number of carbonyl (C=O) groups excluding carboxylic acids is 1. The van der Waals surface area contributed by atoms with E-state index in [1.807, 2.05) is 19.9 Å². The van der Waals surface area contributed by atoms with Crippen LogP contribution in [0.25, 0.3) is 0 Å². The second-order valence-electron chi connectivity index (χ2n) is 6.53. The predicted octanol–water partition coefficient (Wildman–Crippen LogP) is 4.08. The van der Waals surface area contributed by atoms with Crippen LogP contribution >= 0.6 is 23.2 Å². The fourth-order valence-electron chi connectivity index (χ4n) is 2.88. The number of anilines is 1. The number of nitrogens with zero attached hydrogens (tertiary/aromatic N) is 1. The Morgan fingerprint density at radius 1 is 1.11 bits per heavy atom. The maximum absolute atomic E-state index is 12.6. The topological polar surface area (TPSA) is 66.5 Å². The summed E-state index contributed by atoms with van der Waals surface area (Å²) in [6.45, 7) is 5.48. The summed E-state index contributed by atoms with van der Waals surface area (Å²) in [5.74, 6) is -0.425. The fourth-order valence-corrected chi connectivity index (χ4v) is 4.52. The number of carbonyl (C=O) groups is 1. The van der Waals surface area contributed by atoms with Gasteiger partial charge in [0.25, 0.3) is 0 Å². The zero-order chi connectivity index (χ0) is 20.4. The van der Waals surface area contributed by atoms with Crippen molar-refractivity contribution in [3.63, 3.8) is 0 Å². The molecule has 0 aliphatic carbocycles.